The molecule has 3 nitrogen and oxygen atoms in total. The average Bonchev–Trinajstić information content (AvgIpc) is 2.36. The fourth-order valence-electron chi connectivity index (χ4n) is 2.28. The molecule has 6 heteroatoms. The standard InChI is InChI=1S/C13H18F3N3/c1-9-5-11(6-12(19-9)13(14,15)16)18-8-10-3-2-4-17-7-10/h5-6,10,17H,2-4,7-8H2,1H3,(H,18,19). The maximum atomic E-state index is 12.6. The highest BCUT2D eigenvalue weighted by molar-refractivity contribution is 5.46. The Kier molecular flexibility index (Phi) is 4.29. The molecule has 0 bridgehead atoms. The molecule has 1 aromatic rings. The molecule has 19 heavy (non-hydrogen) atoms. The molecule has 106 valence electrons. The van der Waals surface area contributed by atoms with Crippen molar-refractivity contribution in [3.8, 4) is 0 Å². The zero-order chi connectivity index (χ0) is 13.9. The van der Waals surface area contributed by atoms with Gasteiger partial charge in [-0.25, -0.2) is 4.98 Å². The van der Waals surface area contributed by atoms with Crippen LogP contribution in [-0.4, -0.2) is 24.6 Å². The van der Waals surface area contributed by atoms with E-state index in [9.17, 15) is 13.2 Å². The second-order valence-corrected chi connectivity index (χ2v) is 4.97. The smallest absolute Gasteiger partial charge is 0.385 e. The van der Waals surface area contributed by atoms with Gasteiger partial charge in [-0.05, 0) is 50.9 Å². The van der Waals surface area contributed by atoms with Crippen LogP contribution in [0.1, 0.15) is 24.2 Å². The Hall–Kier alpha value is -1.30. The summed E-state index contributed by atoms with van der Waals surface area (Å²) < 4.78 is 37.9. The fraction of sp³-hybridized carbons (Fsp3) is 0.615. The van der Waals surface area contributed by atoms with E-state index in [1.165, 1.54) is 0 Å². The lowest BCUT2D eigenvalue weighted by Gasteiger charge is -2.23. The molecule has 2 heterocycles. The third-order valence-electron chi connectivity index (χ3n) is 3.24. The van der Waals surface area contributed by atoms with Crippen molar-refractivity contribution in [1.29, 1.82) is 0 Å². The Morgan fingerprint density at radius 1 is 1.42 bits per heavy atom. The van der Waals surface area contributed by atoms with Gasteiger partial charge in [0.1, 0.15) is 5.69 Å². The summed E-state index contributed by atoms with van der Waals surface area (Å²) in [6, 6.07) is 2.72. The summed E-state index contributed by atoms with van der Waals surface area (Å²) in [5.74, 6) is 0.469. The number of nitrogens with zero attached hydrogens (tertiary/aromatic N) is 1. The van der Waals surface area contributed by atoms with Gasteiger partial charge in [-0.15, -0.1) is 0 Å². The predicted molar refractivity (Wildman–Crippen MR) is 68.1 cm³/mol. The van der Waals surface area contributed by atoms with Gasteiger partial charge in [-0.3, -0.25) is 0 Å². The van der Waals surface area contributed by atoms with E-state index >= 15 is 0 Å². The van der Waals surface area contributed by atoms with Gasteiger partial charge in [-0.2, -0.15) is 13.2 Å². The highest BCUT2D eigenvalue weighted by Gasteiger charge is 2.33. The second kappa shape index (κ2) is 5.77. The van der Waals surface area contributed by atoms with Crippen molar-refractivity contribution in [2.45, 2.75) is 25.9 Å². The van der Waals surface area contributed by atoms with Crippen molar-refractivity contribution < 1.29 is 13.2 Å². The van der Waals surface area contributed by atoms with Gasteiger partial charge >= 0.3 is 6.18 Å². The third kappa shape index (κ3) is 4.09. The molecule has 1 aromatic heterocycles. The number of aromatic nitrogens is 1. The lowest BCUT2D eigenvalue weighted by atomic mass is 10.00. The molecule has 1 fully saturated rings. The minimum absolute atomic E-state index is 0.374. The first-order chi connectivity index (χ1) is 8.95. The number of hydrogen-bond acceptors (Lipinski definition) is 3. The number of aryl methyl sites for hydroxylation is 1. The van der Waals surface area contributed by atoms with Crippen LogP contribution in [-0.2, 0) is 6.18 Å². The molecule has 0 saturated carbocycles. The van der Waals surface area contributed by atoms with Crippen LogP contribution in [0.4, 0.5) is 18.9 Å². The summed E-state index contributed by atoms with van der Waals surface area (Å²) in [5.41, 5.74) is 0.0289. The number of piperidine rings is 1. The lowest BCUT2D eigenvalue weighted by Crippen LogP contribution is -2.33. The van der Waals surface area contributed by atoms with E-state index in [0.717, 1.165) is 32.0 Å². The van der Waals surface area contributed by atoms with Crippen LogP contribution in [0.2, 0.25) is 0 Å². The number of hydrogen-bond donors (Lipinski definition) is 2. The van der Waals surface area contributed by atoms with Crippen molar-refractivity contribution in [2.75, 3.05) is 25.0 Å². The van der Waals surface area contributed by atoms with Gasteiger partial charge in [0.05, 0.1) is 0 Å². The Bertz CT molecular complexity index is 426. The first-order valence-electron chi connectivity index (χ1n) is 6.45. The van der Waals surface area contributed by atoms with Gasteiger partial charge in [0, 0.05) is 17.9 Å². The summed E-state index contributed by atoms with van der Waals surface area (Å²) >= 11 is 0. The van der Waals surface area contributed by atoms with Crippen molar-refractivity contribution in [3.63, 3.8) is 0 Å². The van der Waals surface area contributed by atoms with Crippen molar-refractivity contribution in [2.24, 2.45) is 5.92 Å². The maximum absolute atomic E-state index is 12.6. The van der Waals surface area contributed by atoms with Crippen molar-refractivity contribution in [3.05, 3.63) is 23.5 Å². The molecule has 0 spiro atoms. The second-order valence-electron chi connectivity index (χ2n) is 4.97. The molecule has 1 atom stereocenters. The predicted octanol–water partition coefficient (Wildman–Crippen LogP) is 2.82. The van der Waals surface area contributed by atoms with Gasteiger partial charge < -0.3 is 10.6 Å². The number of halogens is 3. The Labute approximate surface area is 110 Å². The molecule has 0 amide bonds. The van der Waals surface area contributed by atoms with Gasteiger partial charge in [-0.1, -0.05) is 0 Å². The molecule has 0 aliphatic carbocycles. The molecule has 1 aliphatic rings. The van der Waals surface area contributed by atoms with Crippen LogP contribution in [0.15, 0.2) is 12.1 Å². The molecular formula is C13H18F3N3. The molecule has 1 unspecified atom stereocenters. The first kappa shape index (κ1) is 14.1. The topological polar surface area (TPSA) is 37.0 Å². The average molecular weight is 273 g/mol. The molecule has 2 N–H and O–H groups in total. The Morgan fingerprint density at radius 3 is 2.84 bits per heavy atom. The molecule has 0 aromatic carbocycles. The van der Waals surface area contributed by atoms with Crippen LogP contribution in [0.5, 0.6) is 0 Å². The fourth-order valence-corrected chi connectivity index (χ4v) is 2.28. The maximum Gasteiger partial charge on any atom is 0.433 e. The van der Waals surface area contributed by atoms with E-state index in [2.05, 4.69) is 15.6 Å². The van der Waals surface area contributed by atoms with E-state index in [0.29, 0.717) is 23.8 Å². The third-order valence-corrected chi connectivity index (χ3v) is 3.24. The zero-order valence-electron chi connectivity index (χ0n) is 10.8. The quantitative estimate of drug-likeness (QED) is 0.889. The Balaban J connectivity index is 2.01. The van der Waals surface area contributed by atoms with Crippen LogP contribution in [0.3, 0.4) is 0 Å². The van der Waals surface area contributed by atoms with Gasteiger partial charge in [0.2, 0.25) is 0 Å². The summed E-state index contributed by atoms with van der Waals surface area (Å²) in [5, 5.41) is 6.37. The largest absolute Gasteiger partial charge is 0.433 e. The number of anilines is 1. The number of alkyl halides is 3. The minimum atomic E-state index is -4.39. The SMILES string of the molecule is Cc1cc(NCC2CCCNC2)cc(C(F)(F)F)n1. The van der Waals surface area contributed by atoms with E-state index in [4.69, 9.17) is 0 Å². The van der Waals surface area contributed by atoms with Gasteiger partial charge in [0.15, 0.2) is 0 Å². The zero-order valence-corrected chi connectivity index (χ0v) is 10.8. The van der Waals surface area contributed by atoms with Crippen molar-refractivity contribution in [1.82, 2.24) is 10.3 Å². The number of rotatable bonds is 3. The monoisotopic (exact) mass is 273 g/mol. The molecule has 1 saturated heterocycles. The van der Waals surface area contributed by atoms with E-state index in [1.807, 2.05) is 0 Å². The van der Waals surface area contributed by atoms with E-state index in [1.54, 1.807) is 13.0 Å². The lowest BCUT2D eigenvalue weighted by molar-refractivity contribution is -0.141. The molecule has 2 rings (SSSR count). The van der Waals surface area contributed by atoms with Crippen LogP contribution in [0, 0.1) is 12.8 Å². The first-order valence-corrected chi connectivity index (χ1v) is 6.45. The summed E-state index contributed by atoms with van der Waals surface area (Å²) in [6.45, 7) is 4.21. The Morgan fingerprint density at radius 2 is 2.21 bits per heavy atom. The van der Waals surface area contributed by atoms with Crippen LogP contribution in [0.25, 0.3) is 0 Å². The summed E-state index contributed by atoms with van der Waals surface area (Å²) in [6.07, 6.45) is -2.17. The number of pyridine rings is 1. The highest BCUT2D eigenvalue weighted by Crippen LogP contribution is 2.29. The normalized spacial score (nSPS) is 20.3. The highest BCUT2D eigenvalue weighted by atomic mass is 19.4. The van der Waals surface area contributed by atoms with Crippen LogP contribution < -0.4 is 10.6 Å². The molecule has 1 aliphatic heterocycles. The molecule has 0 radical (unpaired) electrons. The molecular weight excluding hydrogens is 255 g/mol. The van der Waals surface area contributed by atoms with Gasteiger partial charge in [0.25, 0.3) is 0 Å². The van der Waals surface area contributed by atoms with E-state index < -0.39 is 11.9 Å². The van der Waals surface area contributed by atoms with Crippen LogP contribution >= 0.6 is 0 Å². The number of nitrogens with one attached hydrogen (secondary N) is 2. The summed E-state index contributed by atoms with van der Waals surface area (Å²) in [4.78, 5) is 3.52. The minimum Gasteiger partial charge on any atom is -0.385 e. The van der Waals surface area contributed by atoms with E-state index in [-0.39, 0.29) is 0 Å². The summed E-state index contributed by atoms with van der Waals surface area (Å²) in [7, 11) is 0. The van der Waals surface area contributed by atoms with Crippen molar-refractivity contribution >= 4 is 5.69 Å².